The van der Waals surface area contributed by atoms with Crippen molar-refractivity contribution in [3.8, 4) is 0 Å². The third-order valence-corrected chi connectivity index (χ3v) is 5.00. The molecule has 0 radical (unpaired) electrons. The highest BCUT2D eigenvalue weighted by molar-refractivity contribution is 5.93. The molecule has 0 aliphatic rings. The lowest BCUT2D eigenvalue weighted by atomic mass is 10.0. The van der Waals surface area contributed by atoms with Crippen LogP contribution in [0, 0.1) is 5.92 Å². The van der Waals surface area contributed by atoms with E-state index in [1.54, 1.807) is 0 Å². The average Bonchev–Trinajstić information content (AvgIpc) is 3.30. The minimum absolute atomic E-state index is 0.0626. The van der Waals surface area contributed by atoms with Gasteiger partial charge in [0.15, 0.2) is 0 Å². The highest BCUT2D eigenvalue weighted by atomic mass is 16.4. The van der Waals surface area contributed by atoms with Crippen LogP contribution in [0.5, 0.6) is 0 Å². The summed E-state index contributed by atoms with van der Waals surface area (Å²) in [7, 11) is 0. The van der Waals surface area contributed by atoms with Crippen LogP contribution in [0.3, 0.4) is 0 Å². The fraction of sp³-hybridized carbons (Fsp3) is 0.435. The van der Waals surface area contributed by atoms with Gasteiger partial charge in [0.2, 0.25) is 17.7 Å². The zero-order valence-electron chi connectivity index (χ0n) is 19.3. The van der Waals surface area contributed by atoms with Crippen LogP contribution in [0.1, 0.15) is 31.5 Å². The largest absolute Gasteiger partial charge is 0.480 e. The first kappa shape index (κ1) is 26.5. The van der Waals surface area contributed by atoms with Crippen molar-refractivity contribution in [1.29, 1.82) is 0 Å². The van der Waals surface area contributed by atoms with Crippen molar-refractivity contribution in [2.24, 2.45) is 11.7 Å². The van der Waals surface area contributed by atoms with E-state index in [2.05, 4.69) is 25.9 Å². The van der Waals surface area contributed by atoms with Crippen LogP contribution < -0.4 is 21.7 Å². The van der Waals surface area contributed by atoms with Crippen molar-refractivity contribution in [2.75, 3.05) is 6.54 Å². The van der Waals surface area contributed by atoms with E-state index in [0.29, 0.717) is 18.5 Å². The predicted molar refractivity (Wildman–Crippen MR) is 124 cm³/mol. The smallest absolute Gasteiger partial charge is 0.322 e. The van der Waals surface area contributed by atoms with Gasteiger partial charge in [-0.05, 0) is 24.3 Å². The standard InChI is InChI=1S/C23H32N6O5/c1-14(2)8-18(28-21(32)17(24)9-15-6-4-3-5-7-15)23(34)29-19(10-16-11-25-13-27-16)22(33)26-12-20(30)31/h3-7,11,13-14,17-19H,8-10,12,24H2,1-2H3,(H,25,27)(H,26,33)(H,28,32)(H,29,34)(H,30,31). The summed E-state index contributed by atoms with van der Waals surface area (Å²) >= 11 is 0. The Labute approximate surface area is 197 Å². The number of hydrogen-bond acceptors (Lipinski definition) is 6. The molecule has 0 aliphatic carbocycles. The Bertz CT molecular complexity index is 948. The SMILES string of the molecule is CC(C)CC(NC(=O)C(N)Cc1ccccc1)C(=O)NC(Cc1cnc[nH]1)C(=O)NCC(=O)O. The molecule has 34 heavy (non-hydrogen) atoms. The van der Waals surface area contributed by atoms with E-state index in [0.717, 1.165) is 5.56 Å². The second-order valence-electron chi connectivity index (χ2n) is 8.44. The molecule has 3 unspecified atom stereocenters. The molecule has 2 aromatic rings. The fourth-order valence-corrected chi connectivity index (χ4v) is 3.33. The Hall–Kier alpha value is -3.73. The first-order valence-electron chi connectivity index (χ1n) is 11.0. The predicted octanol–water partition coefficient (Wildman–Crippen LogP) is -0.261. The highest BCUT2D eigenvalue weighted by Crippen LogP contribution is 2.08. The molecule has 11 nitrogen and oxygen atoms in total. The minimum atomic E-state index is -1.21. The summed E-state index contributed by atoms with van der Waals surface area (Å²) in [5, 5.41) is 16.5. The van der Waals surface area contributed by atoms with Gasteiger partial charge < -0.3 is 31.8 Å². The zero-order valence-corrected chi connectivity index (χ0v) is 19.3. The van der Waals surface area contributed by atoms with E-state index in [1.165, 1.54) is 12.5 Å². The number of aliphatic carboxylic acids is 1. The van der Waals surface area contributed by atoms with Crippen LogP contribution in [-0.2, 0) is 32.0 Å². The van der Waals surface area contributed by atoms with Gasteiger partial charge >= 0.3 is 5.97 Å². The van der Waals surface area contributed by atoms with Crippen LogP contribution in [0.15, 0.2) is 42.9 Å². The lowest BCUT2D eigenvalue weighted by Gasteiger charge is -2.25. The third kappa shape index (κ3) is 9.02. The lowest BCUT2D eigenvalue weighted by Crippen LogP contribution is -2.57. The molecule has 1 aromatic carbocycles. The number of aromatic nitrogens is 2. The van der Waals surface area contributed by atoms with Crippen molar-refractivity contribution >= 4 is 23.7 Å². The van der Waals surface area contributed by atoms with Gasteiger partial charge in [0.25, 0.3) is 0 Å². The first-order chi connectivity index (χ1) is 16.2. The number of carbonyl (C=O) groups excluding carboxylic acids is 3. The van der Waals surface area contributed by atoms with Gasteiger partial charge in [-0.3, -0.25) is 19.2 Å². The number of nitrogens with one attached hydrogen (secondary N) is 4. The monoisotopic (exact) mass is 472 g/mol. The molecule has 1 heterocycles. The normalized spacial score (nSPS) is 13.5. The van der Waals surface area contributed by atoms with Gasteiger partial charge in [-0.2, -0.15) is 0 Å². The van der Waals surface area contributed by atoms with E-state index in [4.69, 9.17) is 10.8 Å². The van der Waals surface area contributed by atoms with Gasteiger partial charge in [-0.1, -0.05) is 44.2 Å². The van der Waals surface area contributed by atoms with Crippen molar-refractivity contribution in [3.05, 3.63) is 54.1 Å². The summed E-state index contributed by atoms with van der Waals surface area (Å²) < 4.78 is 0. The van der Waals surface area contributed by atoms with Crippen LogP contribution in [0.4, 0.5) is 0 Å². The summed E-state index contributed by atoms with van der Waals surface area (Å²) in [4.78, 5) is 55.9. The summed E-state index contributed by atoms with van der Waals surface area (Å²) in [6.45, 7) is 3.21. The third-order valence-electron chi connectivity index (χ3n) is 5.00. The number of carbonyl (C=O) groups is 4. The van der Waals surface area contributed by atoms with E-state index in [9.17, 15) is 19.2 Å². The molecule has 3 amide bonds. The zero-order chi connectivity index (χ0) is 25.1. The van der Waals surface area contributed by atoms with Crippen LogP contribution in [-0.4, -0.2) is 63.4 Å². The number of H-pyrrole nitrogens is 1. The molecule has 0 bridgehead atoms. The molecule has 0 fully saturated rings. The number of rotatable bonds is 13. The molecule has 1 aromatic heterocycles. The molecule has 184 valence electrons. The quantitative estimate of drug-likeness (QED) is 0.232. The number of amides is 3. The van der Waals surface area contributed by atoms with E-state index >= 15 is 0 Å². The maximum Gasteiger partial charge on any atom is 0.322 e. The number of benzene rings is 1. The van der Waals surface area contributed by atoms with Crippen LogP contribution in [0.2, 0.25) is 0 Å². The number of aromatic amines is 1. The number of nitrogens with two attached hydrogens (primary N) is 1. The molecule has 0 saturated carbocycles. The number of carboxylic acids is 1. The Morgan fingerprint density at radius 2 is 1.68 bits per heavy atom. The molecular weight excluding hydrogens is 440 g/mol. The molecular formula is C23H32N6O5. The maximum atomic E-state index is 13.1. The van der Waals surface area contributed by atoms with Gasteiger partial charge in [-0.25, -0.2) is 4.98 Å². The van der Waals surface area contributed by atoms with Gasteiger partial charge in [-0.15, -0.1) is 0 Å². The van der Waals surface area contributed by atoms with Crippen molar-refractivity contribution in [1.82, 2.24) is 25.9 Å². The summed E-state index contributed by atoms with van der Waals surface area (Å²) in [5.41, 5.74) is 7.53. The second-order valence-corrected chi connectivity index (χ2v) is 8.44. The fourth-order valence-electron chi connectivity index (χ4n) is 3.33. The topological polar surface area (TPSA) is 179 Å². The Morgan fingerprint density at radius 3 is 2.26 bits per heavy atom. The summed E-state index contributed by atoms with van der Waals surface area (Å²) in [6, 6.07) is 6.44. The lowest BCUT2D eigenvalue weighted by molar-refractivity contribution is -0.138. The van der Waals surface area contributed by atoms with Gasteiger partial charge in [0.05, 0.1) is 12.4 Å². The Kier molecular flexibility index (Phi) is 10.2. The molecule has 11 heteroatoms. The van der Waals surface area contributed by atoms with Crippen molar-refractivity contribution in [2.45, 2.75) is 51.2 Å². The number of hydrogen-bond donors (Lipinski definition) is 6. The van der Waals surface area contributed by atoms with E-state index in [1.807, 2.05) is 44.2 Å². The van der Waals surface area contributed by atoms with Crippen molar-refractivity contribution in [3.63, 3.8) is 0 Å². The first-order valence-corrected chi connectivity index (χ1v) is 11.0. The summed E-state index contributed by atoms with van der Waals surface area (Å²) in [6.07, 6.45) is 3.62. The number of carboxylic acid groups (broad SMARTS) is 1. The minimum Gasteiger partial charge on any atom is -0.480 e. The number of imidazole rings is 1. The van der Waals surface area contributed by atoms with Crippen molar-refractivity contribution < 1.29 is 24.3 Å². The van der Waals surface area contributed by atoms with Gasteiger partial charge in [0.1, 0.15) is 18.6 Å². The highest BCUT2D eigenvalue weighted by Gasteiger charge is 2.29. The molecule has 2 rings (SSSR count). The number of nitrogens with zero attached hydrogens (tertiary/aromatic N) is 1. The maximum absolute atomic E-state index is 13.1. The molecule has 7 N–H and O–H groups in total. The van der Waals surface area contributed by atoms with Crippen LogP contribution in [0.25, 0.3) is 0 Å². The Morgan fingerprint density at radius 1 is 1.00 bits per heavy atom. The van der Waals surface area contributed by atoms with Crippen LogP contribution >= 0.6 is 0 Å². The molecule has 3 atom stereocenters. The van der Waals surface area contributed by atoms with E-state index < -0.39 is 48.4 Å². The van der Waals surface area contributed by atoms with Gasteiger partial charge in [0, 0.05) is 18.3 Å². The molecule has 0 aliphatic heterocycles. The average molecular weight is 473 g/mol. The molecule has 0 spiro atoms. The Balaban J connectivity index is 2.09. The molecule has 0 saturated heterocycles. The van der Waals surface area contributed by atoms with E-state index in [-0.39, 0.29) is 12.3 Å². The summed E-state index contributed by atoms with van der Waals surface area (Å²) in [5.74, 6) is -2.86. The second kappa shape index (κ2) is 13.1.